The Bertz CT molecular complexity index is 1450. The van der Waals surface area contributed by atoms with Gasteiger partial charge in [0.25, 0.3) is 0 Å². The molecule has 1 aromatic carbocycles. The second kappa shape index (κ2) is 11.2. The number of rotatable bonds is 9. The fourth-order valence-corrected chi connectivity index (χ4v) is 8.32. The first-order valence-electron chi connectivity index (χ1n) is 14.3. The van der Waals surface area contributed by atoms with Crippen LogP contribution in [0.3, 0.4) is 0 Å². The van der Waals surface area contributed by atoms with Gasteiger partial charge in [-0.2, -0.15) is 4.68 Å². The Kier molecular flexibility index (Phi) is 7.62. The SMILES string of the molecule is C[C@@H](CC(=O)c1ccccc1-n1cnnn1)[C@H]1C(=O)N2C(C(=O)O)=C(S[C@@H]3CN[C@H](C(=O)N4CC[C@@H](N)C4)C3)[C@H](C)[C@H]12. The average molecular weight is 595 g/mol. The first-order chi connectivity index (χ1) is 20.2. The maximum absolute atomic E-state index is 13.4. The Hall–Kier alpha value is -3.62. The van der Waals surface area contributed by atoms with Gasteiger partial charge in [-0.1, -0.05) is 26.0 Å². The van der Waals surface area contributed by atoms with Crippen LogP contribution in [0.5, 0.6) is 0 Å². The number of amides is 2. The fourth-order valence-electron chi connectivity index (χ4n) is 6.85. The topological polar surface area (TPSA) is 177 Å². The third-order valence-electron chi connectivity index (χ3n) is 8.93. The molecule has 14 heteroatoms. The number of ketones is 1. The van der Waals surface area contributed by atoms with Crippen molar-refractivity contribution in [2.24, 2.45) is 23.5 Å². The molecule has 2 aromatic rings. The van der Waals surface area contributed by atoms with Gasteiger partial charge in [0.15, 0.2) is 5.78 Å². The van der Waals surface area contributed by atoms with Crippen molar-refractivity contribution < 1.29 is 24.3 Å². The van der Waals surface area contributed by atoms with Gasteiger partial charge in [0.1, 0.15) is 12.0 Å². The summed E-state index contributed by atoms with van der Waals surface area (Å²) >= 11 is 1.46. The smallest absolute Gasteiger partial charge is 0.353 e. The molecular formula is C28H34N8O5S. The molecule has 4 N–H and O–H groups in total. The van der Waals surface area contributed by atoms with Crippen LogP contribution in [0.15, 0.2) is 41.2 Å². The number of aliphatic carboxylic acids is 1. The highest BCUT2D eigenvalue weighted by molar-refractivity contribution is 8.03. The van der Waals surface area contributed by atoms with Crippen molar-refractivity contribution >= 4 is 35.3 Å². The number of tetrazole rings is 1. The van der Waals surface area contributed by atoms with E-state index in [-0.39, 0.29) is 64.9 Å². The van der Waals surface area contributed by atoms with Crippen LogP contribution in [0.2, 0.25) is 0 Å². The van der Waals surface area contributed by atoms with E-state index in [4.69, 9.17) is 5.73 Å². The first-order valence-corrected chi connectivity index (χ1v) is 15.1. The lowest BCUT2D eigenvalue weighted by Crippen LogP contribution is -2.62. The number of hydrogen-bond acceptors (Lipinski definition) is 10. The number of nitrogens with two attached hydrogens (primary N) is 1. The number of aromatic nitrogens is 4. The molecule has 0 aliphatic carbocycles. The van der Waals surface area contributed by atoms with E-state index in [1.54, 1.807) is 29.2 Å². The van der Waals surface area contributed by atoms with Crippen molar-refractivity contribution in [3.05, 3.63) is 46.8 Å². The third kappa shape index (κ3) is 4.90. The largest absolute Gasteiger partial charge is 0.477 e. The molecule has 4 aliphatic heterocycles. The summed E-state index contributed by atoms with van der Waals surface area (Å²) in [5, 5.41) is 24.6. The summed E-state index contributed by atoms with van der Waals surface area (Å²) in [6, 6.07) is 6.38. The van der Waals surface area contributed by atoms with Crippen LogP contribution >= 0.6 is 11.8 Å². The molecule has 222 valence electrons. The van der Waals surface area contributed by atoms with E-state index < -0.39 is 11.9 Å². The standard InChI is InChI=1S/C28H34N8O5S/c1-14(9-21(37)18-5-3-4-6-20(18)35-13-31-32-33-35)22-23-15(2)25(24(28(40)41)36(23)27(22)39)42-17-10-19(30-11-17)26(38)34-8-7-16(29)12-34/h3-6,13-17,19,22-23,30H,7-12,29H2,1-2H3,(H,40,41)/t14-,15+,16+,17-,19-,22+,23+/m0/s1. The highest BCUT2D eigenvalue weighted by Gasteiger charge is 2.60. The molecule has 3 saturated heterocycles. The Labute approximate surface area is 246 Å². The van der Waals surface area contributed by atoms with Crippen LogP contribution in [-0.4, -0.2) is 102 Å². The normalized spacial score (nSPS) is 29.5. The van der Waals surface area contributed by atoms with Crippen molar-refractivity contribution in [2.45, 2.75) is 56.5 Å². The van der Waals surface area contributed by atoms with Crippen molar-refractivity contribution in [3.63, 3.8) is 0 Å². The van der Waals surface area contributed by atoms with Crippen LogP contribution in [0.1, 0.15) is 43.5 Å². The van der Waals surface area contributed by atoms with Crippen molar-refractivity contribution in [1.29, 1.82) is 0 Å². The molecule has 0 radical (unpaired) electrons. The highest BCUT2D eigenvalue weighted by atomic mass is 32.2. The molecule has 0 unspecified atom stereocenters. The van der Waals surface area contributed by atoms with Crippen LogP contribution < -0.4 is 11.1 Å². The van der Waals surface area contributed by atoms with Gasteiger partial charge in [0, 0.05) is 53.7 Å². The summed E-state index contributed by atoms with van der Waals surface area (Å²) in [4.78, 5) is 56.1. The minimum absolute atomic E-state index is 0.00365. The molecule has 0 bridgehead atoms. The van der Waals surface area contributed by atoms with E-state index in [0.717, 1.165) is 6.42 Å². The van der Waals surface area contributed by atoms with Crippen LogP contribution in [0, 0.1) is 17.8 Å². The number of nitrogens with one attached hydrogen (secondary N) is 1. The van der Waals surface area contributed by atoms with Gasteiger partial charge in [0.2, 0.25) is 11.8 Å². The molecule has 3 fully saturated rings. The number of β-lactam (4-membered cyclic amide) rings is 1. The van der Waals surface area contributed by atoms with E-state index in [1.165, 1.54) is 27.7 Å². The molecule has 0 spiro atoms. The average Bonchev–Trinajstić information content (AvgIpc) is 3.77. The minimum Gasteiger partial charge on any atom is -0.477 e. The molecule has 13 nitrogen and oxygen atoms in total. The van der Waals surface area contributed by atoms with Crippen molar-refractivity contribution in [2.75, 3.05) is 19.6 Å². The Morgan fingerprint density at radius 2 is 2.05 bits per heavy atom. The van der Waals surface area contributed by atoms with Crippen LogP contribution in [-0.2, 0) is 14.4 Å². The second-order valence-electron chi connectivity index (χ2n) is 11.7. The van der Waals surface area contributed by atoms with Gasteiger partial charge >= 0.3 is 5.97 Å². The van der Waals surface area contributed by atoms with E-state index in [0.29, 0.717) is 42.2 Å². The lowest BCUT2D eigenvalue weighted by atomic mass is 9.73. The van der Waals surface area contributed by atoms with Gasteiger partial charge in [-0.3, -0.25) is 14.4 Å². The molecule has 1 aromatic heterocycles. The summed E-state index contributed by atoms with van der Waals surface area (Å²) in [5.41, 5.74) is 7.01. The Morgan fingerprint density at radius 1 is 1.26 bits per heavy atom. The molecule has 6 rings (SSSR count). The number of benzene rings is 1. The van der Waals surface area contributed by atoms with Gasteiger partial charge < -0.3 is 26.0 Å². The van der Waals surface area contributed by atoms with E-state index in [1.807, 2.05) is 13.8 Å². The number of fused-ring (bicyclic) bond motifs is 1. The molecular weight excluding hydrogens is 560 g/mol. The van der Waals surface area contributed by atoms with Crippen molar-refractivity contribution in [3.8, 4) is 5.69 Å². The first kappa shape index (κ1) is 28.5. The maximum atomic E-state index is 13.4. The number of carbonyl (C=O) groups excluding carboxylic acids is 3. The number of nitrogens with zero attached hydrogens (tertiary/aromatic N) is 6. The second-order valence-corrected chi connectivity index (χ2v) is 13.0. The number of likely N-dealkylation sites (tertiary alicyclic amines) is 1. The lowest BCUT2D eigenvalue weighted by molar-refractivity contribution is -0.159. The Balaban J connectivity index is 1.14. The number of para-hydroxylation sites is 1. The number of carboxylic acid groups (broad SMARTS) is 1. The van der Waals surface area contributed by atoms with E-state index in [2.05, 4.69) is 20.8 Å². The number of thioether (sulfide) groups is 1. The van der Waals surface area contributed by atoms with Crippen LogP contribution in [0.25, 0.3) is 5.69 Å². The third-order valence-corrected chi connectivity index (χ3v) is 10.4. The number of Topliss-reactive ketones (excluding diaryl/α,β-unsaturated/α-hetero) is 1. The summed E-state index contributed by atoms with van der Waals surface area (Å²) in [6.45, 7) is 5.61. The maximum Gasteiger partial charge on any atom is 0.353 e. The van der Waals surface area contributed by atoms with Gasteiger partial charge in [-0.15, -0.1) is 16.9 Å². The number of carboxylic acids is 1. The van der Waals surface area contributed by atoms with E-state index in [9.17, 15) is 24.3 Å². The van der Waals surface area contributed by atoms with Gasteiger partial charge in [-0.25, -0.2) is 4.79 Å². The zero-order valence-electron chi connectivity index (χ0n) is 23.4. The number of hydrogen-bond donors (Lipinski definition) is 3. The zero-order valence-corrected chi connectivity index (χ0v) is 24.2. The molecule has 7 atom stereocenters. The molecule has 2 amide bonds. The van der Waals surface area contributed by atoms with Gasteiger partial charge in [0.05, 0.1) is 23.7 Å². The number of carbonyl (C=O) groups is 4. The van der Waals surface area contributed by atoms with Crippen molar-refractivity contribution in [1.82, 2.24) is 35.3 Å². The summed E-state index contributed by atoms with van der Waals surface area (Å²) < 4.78 is 1.43. The monoisotopic (exact) mass is 594 g/mol. The minimum atomic E-state index is -1.14. The molecule has 5 heterocycles. The summed E-state index contributed by atoms with van der Waals surface area (Å²) in [7, 11) is 0. The molecule has 42 heavy (non-hydrogen) atoms. The zero-order chi connectivity index (χ0) is 29.7. The Morgan fingerprint density at radius 3 is 2.74 bits per heavy atom. The van der Waals surface area contributed by atoms with Gasteiger partial charge in [-0.05, 0) is 41.3 Å². The van der Waals surface area contributed by atoms with Crippen LogP contribution in [0.4, 0.5) is 0 Å². The molecule has 0 saturated carbocycles. The summed E-state index contributed by atoms with van der Waals surface area (Å²) in [5.74, 6) is -2.50. The highest BCUT2D eigenvalue weighted by Crippen LogP contribution is 2.53. The summed E-state index contributed by atoms with van der Waals surface area (Å²) in [6.07, 6.45) is 2.91. The lowest BCUT2D eigenvalue weighted by Gasteiger charge is -2.47. The predicted octanol–water partition coefficient (Wildman–Crippen LogP) is 0.667. The fraction of sp³-hybridized carbons (Fsp3) is 0.536. The van der Waals surface area contributed by atoms with E-state index >= 15 is 0 Å². The molecule has 4 aliphatic rings. The predicted molar refractivity (Wildman–Crippen MR) is 152 cm³/mol. The quantitative estimate of drug-likeness (QED) is 0.275.